The number of rotatable bonds is 2. The van der Waals surface area contributed by atoms with Crippen LogP contribution in [-0.2, 0) is 7.05 Å². The minimum Gasteiger partial charge on any atom is -0.344 e. The Morgan fingerprint density at radius 1 is 1.40 bits per heavy atom. The number of nitrogens with one attached hydrogen (secondary N) is 1. The molecule has 1 atom stereocenters. The lowest BCUT2D eigenvalue weighted by molar-refractivity contribution is 0.659. The Morgan fingerprint density at radius 2 is 2.20 bits per heavy atom. The first-order valence-corrected chi connectivity index (χ1v) is 6.89. The minimum absolute atomic E-state index is 0.0561. The van der Waals surface area contributed by atoms with Crippen LogP contribution in [0.3, 0.4) is 0 Å². The Balaban J connectivity index is 2.00. The fraction of sp³-hybridized carbons (Fsp3) is 0.500. The molecule has 2 aromatic heterocycles. The summed E-state index contributed by atoms with van der Waals surface area (Å²) in [6.07, 6.45) is 5.39. The normalized spacial score (nSPS) is 18.8. The monoisotopic (exact) mass is 273 g/mol. The third kappa shape index (κ3) is 2.01. The lowest BCUT2D eigenvalue weighted by Gasteiger charge is -2.23. The van der Waals surface area contributed by atoms with Crippen LogP contribution < -0.4 is 10.5 Å². The molecule has 1 N–H and O–H groups in total. The van der Waals surface area contributed by atoms with Gasteiger partial charge in [-0.3, -0.25) is 4.79 Å². The summed E-state index contributed by atoms with van der Waals surface area (Å²) in [5.41, 5.74) is 2.04. The van der Waals surface area contributed by atoms with Gasteiger partial charge in [-0.1, -0.05) is 0 Å². The number of anilines is 1. The number of aromatic amines is 1. The number of nitrogens with zero attached hydrogens (tertiary/aromatic N) is 4. The average Bonchev–Trinajstić information content (AvgIpc) is 3.01. The van der Waals surface area contributed by atoms with Crippen LogP contribution >= 0.6 is 0 Å². The van der Waals surface area contributed by atoms with E-state index in [4.69, 9.17) is 0 Å². The molecular weight excluding hydrogens is 254 g/mol. The molecule has 0 bridgehead atoms. The molecule has 0 radical (unpaired) electrons. The summed E-state index contributed by atoms with van der Waals surface area (Å²) in [5, 5.41) is 0. The van der Waals surface area contributed by atoms with Gasteiger partial charge in [-0.25, -0.2) is 9.97 Å². The summed E-state index contributed by atoms with van der Waals surface area (Å²) in [7, 11) is 1.75. The summed E-state index contributed by atoms with van der Waals surface area (Å²) < 4.78 is 1.57. The van der Waals surface area contributed by atoms with E-state index < -0.39 is 0 Å². The van der Waals surface area contributed by atoms with Gasteiger partial charge in [0, 0.05) is 31.7 Å². The fourth-order valence-electron chi connectivity index (χ4n) is 2.72. The van der Waals surface area contributed by atoms with E-state index in [0.29, 0.717) is 5.82 Å². The Kier molecular flexibility index (Phi) is 3.08. The molecule has 2 aromatic rings. The lowest BCUT2D eigenvalue weighted by Crippen LogP contribution is -2.32. The standard InChI is InChI=1S/C14H19N5O/c1-9-10(2)17-12(16-9)11-5-4-7-19(11)13-14(20)18(3)8-6-15-13/h6,8,11H,4-5,7H2,1-3H3,(H,16,17). The first-order chi connectivity index (χ1) is 9.58. The zero-order valence-electron chi connectivity index (χ0n) is 12.1. The number of hydrogen-bond acceptors (Lipinski definition) is 4. The van der Waals surface area contributed by atoms with E-state index in [-0.39, 0.29) is 11.6 Å². The molecule has 1 fully saturated rings. The highest BCUT2D eigenvalue weighted by molar-refractivity contribution is 5.40. The van der Waals surface area contributed by atoms with Crippen molar-refractivity contribution in [2.45, 2.75) is 32.7 Å². The fourth-order valence-corrected chi connectivity index (χ4v) is 2.72. The van der Waals surface area contributed by atoms with Crippen LogP contribution in [0.5, 0.6) is 0 Å². The second-order valence-electron chi connectivity index (χ2n) is 5.35. The molecule has 3 heterocycles. The lowest BCUT2D eigenvalue weighted by atomic mass is 10.2. The molecule has 1 unspecified atom stereocenters. The highest BCUT2D eigenvalue weighted by atomic mass is 16.1. The number of hydrogen-bond donors (Lipinski definition) is 1. The Labute approximate surface area is 117 Å². The van der Waals surface area contributed by atoms with E-state index in [9.17, 15) is 4.79 Å². The SMILES string of the molecule is Cc1nc(C2CCCN2c2nccn(C)c2=O)[nH]c1C. The third-order valence-electron chi connectivity index (χ3n) is 3.99. The summed E-state index contributed by atoms with van der Waals surface area (Å²) >= 11 is 0. The molecule has 6 nitrogen and oxygen atoms in total. The van der Waals surface area contributed by atoms with Gasteiger partial charge in [0.15, 0.2) is 5.82 Å². The average molecular weight is 273 g/mol. The van der Waals surface area contributed by atoms with Crippen molar-refractivity contribution in [2.24, 2.45) is 7.05 Å². The zero-order chi connectivity index (χ0) is 14.3. The number of imidazole rings is 1. The van der Waals surface area contributed by atoms with Gasteiger partial charge in [-0.15, -0.1) is 0 Å². The highest BCUT2D eigenvalue weighted by Crippen LogP contribution is 2.32. The molecule has 3 rings (SSSR count). The smallest absolute Gasteiger partial charge is 0.293 e. The van der Waals surface area contributed by atoms with Crippen LogP contribution in [0.25, 0.3) is 0 Å². The Bertz CT molecular complexity index is 668. The van der Waals surface area contributed by atoms with E-state index in [1.807, 2.05) is 13.8 Å². The Hall–Kier alpha value is -2.11. The molecule has 0 spiro atoms. The van der Waals surface area contributed by atoms with Gasteiger partial charge in [0.25, 0.3) is 5.56 Å². The van der Waals surface area contributed by atoms with Crippen LogP contribution in [0.2, 0.25) is 0 Å². The molecule has 6 heteroatoms. The molecule has 1 saturated heterocycles. The van der Waals surface area contributed by atoms with Gasteiger partial charge in [0.1, 0.15) is 5.82 Å². The van der Waals surface area contributed by atoms with Gasteiger partial charge in [0.2, 0.25) is 0 Å². The summed E-state index contributed by atoms with van der Waals surface area (Å²) in [4.78, 5) is 26.5. The predicted molar refractivity (Wildman–Crippen MR) is 76.9 cm³/mol. The van der Waals surface area contributed by atoms with E-state index >= 15 is 0 Å². The van der Waals surface area contributed by atoms with Crippen LogP contribution in [-0.4, -0.2) is 26.1 Å². The number of aryl methyl sites for hydroxylation is 3. The van der Waals surface area contributed by atoms with Crippen molar-refractivity contribution in [3.05, 3.63) is 40.0 Å². The van der Waals surface area contributed by atoms with Gasteiger partial charge in [-0.05, 0) is 26.7 Å². The van der Waals surface area contributed by atoms with E-state index in [0.717, 1.165) is 36.6 Å². The quantitative estimate of drug-likeness (QED) is 0.899. The van der Waals surface area contributed by atoms with Crippen molar-refractivity contribution in [1.29, 1.82) is 0 Å². The molecule has 106 valence electrons. The topological polar surface area (TPSA) is 66.8 Å². The van der Waals surface area contributed by atoms with Crippen LogP contribution in [0.4, 0.5) is 5.82 Å². The summed E-state index contributed by atoms with van der Waals surface area (Å²) in [6.45, 7) is 4.86. The van der Waals surface area contributed by atoms with Crippen molar-refractivity contribution >= 4 is 5.82 Å². The van der Waals surface area contributed by atoms with Crippen LogP contribution in [0, 0.1) is 13.8 Å². The third-order valence-corrected chi connectivity index (χ3v) is 3.99. The van der Waals surface area contributed by atoms with Gasteiger partial charge >= 0.3 is 0 Å². The molecule has 1 aliphatic rings. The second kappa shape index (κ2) is 4.77. The highest BCUT2D eigenvalue weighted by Gasteiger charge is 2.31. The maximum atomic E-state index is 12.2. The maximum Gasteiger partial charge on any atom is 0.293 e. The summed E-state index contributed by atoms with van der Waals surface area (Å²) in [5.74, 6) is 1.45. The predicted octanol–water partition coefficient (Wildman–Crippen LogP) is 1.46. The van der Waals surface area contributed by atoms with E-state index in [1.54, 1.807) is 24.0 Å². The first-order valence-electron chi connectivity index (χ1n) is 6.89. The number of H-pyrrole nitrogens is 1. The Morgan fingerprint density at radius 3 is 2.90 bits per heavy atom. The largest absolute Gasteiger partial charge is 0.344 e. The van der Waals surface area contributed by atoms with Crippen molar-refractivity contribution in [1.82, 2.24) is 19.5 Å². The molecule has 0 aromatic carbocycles. The van der Waals surface area contributed by atoms with Crippen molar-refractivity contribution < 1.29 is 0 Å². The van der Waals surface area contributed by atoms with Gasteiger partial charge in [-0.2, -0.15) is 0 Å². The van der Waals surface area contributed by atoms with Crippen molar-refractivity contribution in [3.63, 3.8) is 0 Å². The van der Waals surface area contributed by atoms with Crippen molar-refractivity contribution in [2.75, 3.05) is 11.4 Å². The minimum atomic E-state index is -0.0561. The van der Waals surface area contributed by atoms with Crippen LogP contribution in [0.1, 0.15) is 36.1 Å². The molecule has 20 heavy (non-hydrogen) atoms. The molecule has 0 amide bonds. The zero-order valence-corrected chi connectivity index (χ0v) is 12.1. The second-order valence-corrected chi connectivity index (χ2v) is 5.35. The molecular formula is C14H19N5O. The van der Waals surface area contributed by atoms with Gasteiger partial charge < -0.3 is 14.5 Å². The van der Waals surface area contributed by atoms with Gasteiger partial charge in [0.05, 0.1) is 11.7 Å². The molecule has 0 saturated carbocycles. The van der Waals surface area contributed by atoms with Crippen molar-refractivity contribution in [3.8, 4) is 0 Å². The molecule has 0 aliphatic carbocycles. The van der Waals surface area contributed by atoms with E-state index in [1.165, 1.54) is 0 Å². The number of aromatic nitrogens is 4. The summed E-state index contributed by atoms with van der Waals surface area (Å²) in [6, 6.07) is 0.116. The first kappa shape index (κ1) is 12.9. The van der Waals surface area contributed by atoms with E-state index in [2.05, 4.69) is 19.9 Å². The molecule has 1 aliphatic heterocycles. The van der Waals surface area contributed by atoms with Crippen LogP contribution in [0.15, 0.2) is 17.2 Å². The maximum absolute atomic E-state index is 12.2.